The number of benzene rings is 3. The smallest absolute Gasteiger partial charge is 0.407 e. The van der Waals surface area contributed by atoms with E-state index in [9.17, 15) is 24.3 Å². The van der Waals surface area contributed by atoms with Crippen molar-refractivity contribution < 1.29 is 29.0 Å². The van der Waals surface area contributed by atoms with Gasteiger partial charge in [0.25, 0.3) is 0 Å². The number of likely N-dealkylation sites (tertiary alicyclic amines) is 2. The number of ether oxygens (including phenoxy) is 1. The van der Waals surface area contributed by atoms with E-state index in [1.165, 1.54) is 7.11 Å². The Morgan fingerprint density at radius 2 is 1.11 bits per heavy atom. The van der Waals surface area contributed by atoms with Crippen LogP contribution in [0.25, 0.3) is 44.4 Å². The van der Waals surface area contributed by atoms with Crippen LogP contribution in [0.1, 0.15) is 77.1 Å². The molecule has 2 saturated carbocycles. The highest BCUT2D eigenvalue weighted by Gasteiger charge is 2.57. The highest BCUT2D eigenvalue weighted by molar-refractivity contribution is 6.32. The number of piperidine rings is 2. The second-order valence-electron chi connectivity index (χ2n) is 17.6. The molecule has 0 bridgehead atoms. The van der Waals surface area contributed by atoms with E-state index in [1.807, 2.05) is 80.0 Å². The molecule has 4 amide bonds. The maximum atomic E-state index is 13.9. The van der Waals surface area contributed by atoms with Gasteiger partial charge < -0.3 is 40.2 Å². The summed E-state index contributed by atoms with van der Waals surface area (Å²) in [5.41, 5.74) is 4.91. The van der Waals surface area contributed by atoms with E-state index in [2.05, 4.69) is 38.8 Å². The third-order valence-electron chi connectivity index (χ3n) is 12.9. The minimum atomic E-state index is -1.22. The predicted molar refractivity (Wildman–Crippen MR) is 231 cm³/mol. The summed E-state index contributed by atoms with van der Waals surface area (Å²) in [5, 5.41) is 17.4. The van der Waals surface area contributed by atoms with Gasteiger partial charge in [-0.25, -0.2) is 19.6 Å². The lowest BCUT2D eigenvalue weighted by Gasteiger charge is -2.31. The molecule has 8 atom stereocenters. The maximum absolute atomic E-state index is 13.9. The van der Waals surface area contributed by atoms with Crippen molar-refractivity contribution >= 4 is 58.0 Å². The Morgan fingerprint density at radius 1 is 0.672 bits per heavy atom. The van der Waals surface area contributed by atoms with Crippen molar-refractivity contribution in [1.82, 2.24) is 40.4 Å². The molecule has 14 nitrogen and oxygen atoms in total. The van der Waals surface area contributed by atoms with Crippen molar-refractivity contribution in [3.8, 4) is 33.6 Å². The average Bonchev–Trinajstić information content (AvgIpc) is 3.95. The second kappa shape index (κ2) is 15.7. The van der Waals surface area contributed by atoms with Crippen molar-refractivity contribution in [1.29, 1.82) is 0 Å². The van der Waals surface area contributed by atoms with Gasteiger partial charge in [-0.05, 0) is 83.4 Å². The number of methoxy groups -OCH3 is 1. The van der Waals surface area contributed by atoms with Gasteiger partial charge in [0.15, 0.2) is 0 Å². The molecule has 4 aliphatic rings. The van der Waals surface area contributed by atoms with E-state index in [0.29, 0.717) is 45.2 Å². The van der Waals surface area contributed by atoms with Gasteiger partial charge in [0.2, 0.25) is 11.8 Å². The number of carbonyl (C=O) groups excluding carboxylic acids is 3. The van der Waals surface area contributed by atoms with Crippen LogP contribution >= 0.6 is 23.2 Å². The standard InChI is InChI=1S/C45H48Cl2N8O6/c1-20(2)34(50-44(58)59)42(56)54-30-16-28(30)19-33(54)41-49-37(39(47)53-41)27-13-12-25-14-24(10-11-26(25)15-27)22-6-8-23(9-7-22)36-38(46)52-40(48-36)32-18-29-17-31(29)55(32)43(57)35(21(3)4)51-45(60)61-5/h6-15,20-21,28-35,50H,16-19H2,1-5H3,(H,48,52)(H,49,53)(H,51,60)(H,58,59)/t28-,29-,30-,31-,32+,33+,34+,35+/m1/s1. The van der Waals surface area contributed by atoms with Crippen molar-refractivity contribution in [2.24, 2.45) is 23.7 Å². The molecule has 9 rings (SSSR count). The Hall–Kier alpha value is -5.60. The van der Waals surface area contributed by atoms with Crippen LogP contribution < -0.4 is 10.6 Å². The fourth-order valence-electron chi connectivity index (χ4n) is 9.53. The van der Waals surface area contributed by atoms with E-state index in [4.69, 9.17) is 37.9 Å². The average molecular weight is 868 g/mol. The zero-order valence-corrected chi connectivity index (χ0v) is 35.9. The largest absolute Gasteiger partial charge is 0.465 e. The number of amides is 4. The highest BCUT2D eigenvalue weighted by atomic mass is 35.5. The van der Waals surface area contributed by atoms with Crippen LogP contribution in [-0.2, 0) is 14.3 Å². The fourth-order valence-corrected chi connectivity index (χ4v) is 10.0. The molecule has 16 heteroatoms. The summed E-state index contributed by atoms with van der Waals surface area (Å²) >= 11 is 13.6. The summed E-state index contributed by atoms with van der Waals surface area (Å²) in [6.07, 6.45) is 1.50. The topological polar surface area (TPSA) is 186 Å². The van der Waals surface area contributed by atoms with Crippen LogP contribution in [0.5, 0.6) is 0 Å². The number of aromatic amines is 2. The van der Waals surface area contributed by atoms with Crippen LogP contribution in [-0.4, -0.2) is 90.1 Å². The lowest BCUT2D eigenvalue weighted by atomic mass is 9.98. The number of aromatic nitrogens is 4. The molecule has 0 spiro atoms. The van der Waals surface area contributed by atoms with E-state index in [-0.39, 0.29) is 47.8 Å². The first-order valence-corrected chi connectivity index (χ1v) is 21.6. The van der Waals surface area contributed by atoms with E-state index >= 15 is 0 Å². The number of carboxylic acid groups (broad SMARTS) is 1. The van der Waals surface area contributed by atoms with Crippen LogP contribution in [0, 0.1) is 23.7 Å². The number of H-pyrrole nitrogens is 2. The van der Waals surface area contributed by atoms with Gasteiger partial charge in [-0.3, -0.25) is 9.59 Å². The summed E-state index contributed by atoms with van der Waals surface area (Å²) in [5.74, 6) is 1.25. The monoisotopic (exact) mass is 866 g/mol. The molecule has 2 aliphatic heterocycles. The van der Waals surface area contributed by atoms with E-state index < -0.39 is 24.3 Å². The van der Waals surface area contributed by atoms with Gasteiger partial charge in [-0.2, -0.15) is 0 Å². The minimum absolute atomic E-state index is 0.0728. The third kappa shape index (κ3) is 7.58. The van der Waals surface area contributed by atoms with Crippen LogP contribution in [0.15, 0.2) is 60.7 Å². The van der Waals surface area contributed by atoms with Crippen LogP contribution in [0.3, 0.4) is 0 Å². The number of nitrogens with one attached hydrogen (secondary N) is 4. The Kier molecular flexibility index (Phi) is 10.5. The molecule has 2 saturated heterocycles. The molecular weight excluding hydrogens is 819 g/mol. The lowest BCUT2D eigenvalue weighted by molar-refractivity contribution is -0.137. The summed E-state index contributed by atoms with van der Waals surface area (Å²) in [6, 6.07) is 18.4. The second-order valence-corrected chi connectivity index (χ2v) is 18.3. The first-order valence-electron chi connectivity index (χ1n) is 20.8. The van der Waals surface area contributed by atoms with Gasteiger partial charge in [0, 0.05) is 23.2 Å². The first-order chi connectivity index (χ1) is 29.2. The Balaban J connectivity index is 0.909. The number of hydrogen-bond acceptors (Lipinski definition) is 7. The van der Waals surface area contributed by atoms with Crippen LogP contribution in [0.4, 0.5) is 9.59 Å². The number of rotatable bonds is 11. The molecule has 5 aromatic rings. The van der Waals surface area contributed by atoms with Crippen molar-refractivity contribution in [3.05, 3.63) is 82.6 Å². The number of nitrogens with zero attached hydrogens (tertiary/aromatic N) is 4. The molecule has 0 radical (unpaired) electrons. The number of imidazole rings is 2. The molecule has 2 aromatic heterocycles. The van der Waals surface area contributed by atoms with Gasteiger partial charge in [-0.15, -0.1) is 0 Å². The maximum Gasteiger partial charge on any atom is 0.407 e. The molecular formula is C45H48Cl2N8O6. The quantitative estimate of drug-likeness (QED) is 0.0874. The molecule has 3 aromatic carbocycles. The first kappa shape index (κ1) is 40.8. The third-order valence-corrected chi connectivity index (χ3v) is 13.5. The molecule has 4 fully saturated rings. The molecule has 5 N–H and O–H groups in total. The van der Waals surface area contributed by atoms with Crippen LogP contribution in [0.2, 0.25) is 10.3 Å². The number of fused-ring (bicyclic) bond motifs is 3. The molecule has 4 heterocycles. The summed E-state index contributed by atoms with van der Waals surface area (Å²) in [7, 11) is 1.29. The molecule has 2 aliphatic carbocycles. The van der Waals surface area contributed by atoms with Gasteiger partial charge in [0.1, 0.15) is 45.4 Å². The summed E-state index contributed by atoms with van der Waals surface area (Å²) < 4.78 is 4.80. The SMILES string of the molecule is COC(=O)N[C@H](C(=O)N1[C@@H]2C[C@@H]2C[C@H]1c1nc(-c2ccc(-c3ccc4cc(-c5nc([C@@H]6C[C@H]7C[C@H]7N6C(=O)[C@@H](NC(=O)O)C(C)C)[nH]c5Cl)ccc4c3)cc2)c(Cl)[nH]1)C(C)C. The number of alkyl carbamates (subject to hydrolysis) is 1. The van der Waals surface area contributed by atoms with Crippen molar-refractivity contribution in [2.45, 2.75) is 89.6 Å². The zero-order chi connectivity index (χ0) is 43.0. The Bertz CT molecular complexity index is 2550. The fraction of sp³-hybridized carbons (Fsp3) is 0.422. The number of halogens is 2. The lowest BCUT2D eigenvalue weighted by Crippen LogP contribution is -2.52. The number of carbonyl (C=O) groups is 4. The van der Waals surface area contributed by atoms with Gasteiger partial charge in [0.05, 0.1) is 19.2 Å². The Morgan fingerprint density at radius 3 is 1.61 bits per heavy atom. The predicted octanol–water partition coefficient (Wildman–Crippen LogP) is 8.59. The van der Waals surface area contributed by atoms with Gasteiger partial charge >= 0.3 is 12.2 Å². The summed E-state index contributed by atoms with van der Waals surface area (Å²) in [6.45, 7) is 7.46. The number of hydrogen-bond donors (Lipinski definition) is 5. The van der Waals surface area contributed by atoms with Crippen molar-refractivity contribution in [2.75, 3.05) is 7.11 Å². The molecule has 318 valence electrons. The zero-order valence-electron chi connectivity index (χ0n) is 34.4. The van der Waals surface area contributed by atoms with Crippen molar-refractivity contribution in [3.63, 3.8) is 0 Å². The normalized spacial score (nSPS) is 23.5. The van der Waals surface area contributed by atoms with E-state index in [0.717, 1.165) is 58.7 Å². The summed E-state index contributed by atoms with van der Waals surface area (Å²) in [4.78, 5) is 71.2. The minimum Gasteiger partial charge on any atom is -0.465 e. The van der Waals surface area contributed by atoms with Gasteiger partial charge in [-0.1, -0.05) is 99.4 Å². The molecule has 61 heavy (non-hydrogen) atoms. The molecule has 0 unspecified atom stereocenters. The Labute approximate surface area is 362 Å². The highest BCUT2D eigenvalue weighted by Crippen LogP contribution is 2.55. The van der Waals surface area contributed by atoms with E-state index in [1.54, 1.807) is 0 Å².